The number of amides is 1. The fourth-order valence-corrected chi connectivity index (χ4v) is 3.66. The molecule has 0 unspecified atom stereocenters. The van der Waals surface area contributed by atoms with Crippen molar-refractivity contribution in [3.05, 3.63) is 55.6 Å². The van der Waals surface area contributed by atoms with E-state index in [4.69, 9.17) is 16.3 Å². The number of hydrogen-bond donors (Lipinski definition) is 1. The Morgan fingerprint density at radius 1 is 1.37 bits per heavy atom. The van der Waals surface area contributed by atoms with Crippen LogP contribution in [0, 0.1) is 6.92 Å². The molecular formula is C20H24ClN3O3. The zero-order valence-electron chi connectivity index (χ0n) is 16.1. The molecule has 3 rings (SSSR count). The van der Waals surface area contributed by atoms with Gasteiger partial charge < -0.3 is 14.6 Å². The topological polar surface area (TPSA) is 75.3 Å². The van der Waals surface area contributed by atoms with Crippen molar-refractivity contribution in [1.29, 1.82) is 0 Å². The van der Waals surface area contributed by atoms with Gasteiger partial charge in [0.15, 0.2) is 0 Å². The molecule has 6 nitrogen and oxygen atoms in total. The second-order valence-electron chi connectivity index (χ2n) is 7.06. The lowest BCUT2D eigenvalue weighted by Crippen LogP contribution is -2.39. The molecule has 1 N–H and O–H groups in total. The Balaban J connectivity index is 1.95. The van der Waals surface area contributed by atoms with Gasteiger partial charge in [-0.1, -0.05) is 18.5 Å². The molecule has 2 aromatic heterocycles. The van der Waals surface area contributed by atoms with Crippen LogP contribution in [0.5, 0.6) is 5.88 Å². The summed E-state index contributed by atoms with van der Waals surface area (Å²) in [5.74, 6) is 0.0716. The highest BCUT2D eigenvalue weighted by atomic mass is 35.5. The number of aromatic amines is 1. The number of H-pyrrole nitrogens is 1. The van der Waals surface area contributed by atoms with Crippen LogP contribution in [-0.4, -0.2) is 33.4 Å². The van der Waals surface area contributed by atoms with Gasteiger partial charge in [-0.15, -0.1) is 0 Å². The molecule has 0 saturated carbocycles. The van der Waals surface area contributed by atoms with E-state index in [9.17, 15) is 9.59 Å². The number of carbonyl (C=O) groups excluding carboxylic acids is 1. The summed E-state index contributed by atoms with van der Waals surface area (Å²) >= 11 is 6.44. The van der Waals surface area contributed by atoms with Crippen molar-refractivity contribution in [3.8, 4) is 5.88 Å². The minimum absolute atomic E-state index is 0.0962. The predicted octanol–water partition coefficient (Wildman–Crippen LogP) is 3.28. The highest BCUT2D eigenvalue weighted by Crippen LogP contribution is 2.33. The molecule has 0 aliphatic carbocycles. The first-order valence-electron chi connectivity index (χ1n) is 9.16. The fraction of sp³-hybridized carbons (Fsp3) is 0.450. The summed E-state index contributed by atoms with van der Waals surface area (Å²) in [4.78, 5) is 34.3. The number of fused-ring (bicyclic) bond motifs is 1. The van der Waals surface area contributed by atoms with Crippen LogP contribution >= 0.6 is 11.6 Å². The van der Waals surface area contributed by atoms with E-state index >= 15 is 0 Å². The maximum absolute atomic E-state index is 13.1. The summed E-state index contributed by atoms with van der Waals surface area (Å²) in [6.45, 7) is 8.39. The molecule has 0 fully saturated rings. The van der Waals surface area contributed by atoms with Gasteiger partial charge in [-0.25, -0.2) is 4.98 Å². The van der Waals surface area contributed by atoms with Crippen molar-refractivity contribution in [3.63, 3.8) is 0 Å². The van der Waals surface area contributed by atoms with E-state index in [1.807, 2.05) is 33.8 Å². The molecule has 7 heteroatoms. The quantitative estimate of drug-likeness (QED) is 0.851. The molecule has 1 aliphatic rings. The molecule has 0 atom stereocenters. The average molecular weight is 390 g/mol. The van der Waals surface area contributed by atoms with Crippen LogP contribution < -0.4 is 10.3 Å². The van der Waals surface area contributed by atoms with Crippen LogP contribution in [0.25, 0.3) is 0 Å². The number of halogens is 1. The summed E-state index contributed by atoms with van der Waals surface area (Å²) in [6.07, 6.45) is 2.93. The molecule has 1 aliphatic heterocycles. The van der Waals surface area contributed by atoms with Crippen molar-refractivity contribution in [2.75, 3.05) is 6.54 Å². The number of rotatable bonds is 5. The van der Waals surface area contributed by atoms with Crippen molar-refractivity contribution < 1.29 is 9.53 Å². The Labute approximate surface area is 163 Å². The molecule has 2 aromatic rings. The Kier molecular flexibility index (Phi) is 5.56. The predicted molar refractivity (Wildman–Crippen MR) is 105 cm³/mol. The fourth-order valence-electron chi connectivity index (χ4n) is 3.36. The number of aromatic nitrogens is 2. The number of pyridine rings is 2. The van der Waals surface area contributed by atoms with Gasteiger partial charge in [0.25, 0.3) is 11.5 Å². The summed E-state index contributed by atoms with van der Waals surface area (Å²) < 4.78 is 5.61. The molecule has 0 radical (unpaired) electrons. The number of nitrogens with zero attached hydrogens (tertiary/aromatic N) is 2. The van der Waals surface area contributed by atoms with Crippen LogP contribution in [0.15, 0.2) is 17.1 Å². The average Bonchev–Trinajstić information content (AvgIpc) is 2.60. The number of nitrogens with one attached hydrogen (secondary N) is 1. The Morgan fingerprint density at radius 2 is 2.11 bits per heavy atom. The third-order valence-corrected chi connectivity index (χ3v) is 5.01. The lowest BCUT2D eigenvalue weighted by molar-refractivity contribution is 0.0724. The van der Waals surface area contributed by atoms with Crippen LogP contribution in [-0.2, 0) is 19.4 Å². The van der Waals surface area contributed by atoms with Gasteiger partial charge in [-0.05, 0) is 50.8 Å². The van der Waals surface area contributed by atoms with Crippen molar-refractivity contribution in [2.45, 2.75) is 53.2 Å². The minimum atomic E-state index is -0.195. The normalized spacial score (nSPS) is 13.9. The van der Waals surface area contributed by atoms with Crippen molar-refractivity contribution in [1.82, 2.24) is 14.9 Å². The lowest BCUT2D eigenvalue weighted by atomic mass is 9.99. The maximum atomic E-state index is 13.1. The monoisotopic (exact) mass is 389 g/mol. The van der Waals surface area contributed by atoms with Gasteiger partial charge in [0.2, 0.25) is 5.88 Å². The first-order valence-corrected chi connectivity index (χ1v) is 9.54. The Morgan fingerprint density at radius 3 is 2.78 bits per heavy atom. The number of hydrogen-bond acceptors (Lipinski definition) is 4. The van der Waals surface area contributed by atoms with Gasteiger partial charge in [0.05, 0.1) is 18.2 Å². The molecule has 0 spiro atoms. The number of carbonyl (C=O) groups is 1. The Hall–Kier alpha value is -2.34. The molecule has 0 aromatic carbocycles. The second kappa shape index (κ2) is 7.72. The third-order valence-electron chi connectivity index (χ3n) is 4.66. The summed E-state index contributed by atoms with van der Waals surface area (Å²) in [5, 5.41) is 0.240. The van der Waals surface area contributed by atoms with E-state index in [0.717, 1.165) is 23.2 Å². The van der Waals surface area contributed by atoms with Crippen LogP contribution in [0.1, 0.15) is 53.5 Å². The van der Waals surface area contributed by atoms with Crippen molar-refractivity contribution in [2.24, 2.45) is 0 Å². The van der Waals surface area contributed by atoms with Crippen molar-refractivity contribution >= 4 is 17.5 Å². The molecular weight excluding hydrogens is 366 g/mol. The largest absolute Gasteiger partial charge is 0.474 e. The van der Waals surface area contributed by atoms with Gasteiger partial charge in [0.1, 0.15) is 5.02 Å². The summed E-state index contributed by atoms with van der Waals surface area (Å²) in [6, 6.07) is 1.96. The molecule has 0 saturated heterocycles. The molecule has 144 valence electrons. The van der Waals surface area contributed by atoms with Gasteiger partial charge in [-0.2, -0.15) is 0 Å². The highest BCUT2D eigenvalue weighted by molar-refractivity contribution is 6.35. The summed E-state index contributed by atoms with van der Waals surface area (Å²) in [5.41, 5.74) is 3.50. The zero-order valence-corrected chi connectivity index (χ0v) is 16.8. The third kappa shape index (κ3) is 3.86. The standard InChI is InChI=1S/C20H24ClN3O3/c1-5-13-8-12(4)23-18(25)15(13)10-24-7-6-14-9-22-19(27-11(2)3)17(21)16(14)20(24)26/h8-9,11H,5-7,10H2,1-4H3,(H,23,25). The first-order chi connectivity index (χ1) is 12.8. The zero-order chi connectivity index (χ0) is 19.7. The number of aryl methyl sites for hydroxylation is 2. The highest BCUT2D eigenvalue weighted by Gasteiger charge is 2.30. The first kappa shape index (κ1) is 19.4. The Bertz CT molecular complexity index is 937. The minimum Gasteiger partial charge on any atom is -0.474 e. The molecule has 1 amide bonds. The number of ether oxygens (including phenoxy) is 1. The maximum Gasteiger partial charge on any atom is 0.256 e. The van der Waals surface area contributed by atoms with Gasteiger partial charge >= 0.3 is 0 Å². The molecule has 27 heavy (non-hydrogen) atoms. The van der Waals surface area contributed by atoms with E-state index in [2.05, 4.69) is 9.97 Å². The van der Waals surface area contributed by atoms with E-state index in [0.29, 0.717) is 24.1 Å². The molecule has 0 bridgehead atoms. The van der Waals surface area contributed by atoms with E-state index in [1.54, 1.807) is 11.1 Å². The van der Waals surface area contributed by atoms with Crippen LogP contribution in [0.4, 0.5) is 0 Å². The van der Waals surface area contributed by atoms with Gasteiger partial charge in [0, 0.05) is 24.0 Å². The van der Waals surface area contributed by atoms with Crippen LogP contribution in [0.3, 0.4) is 0 Å². The smallest absolute Gasteiger partial charge is 0.256 e. The second-order valence-corrected chi connectivity index (χ2v) is 7.44. The van der Waals surface area contributed by atoms with Crippen LogP contribution in [0.2, 0.25) is 5.02 Å². The SMILES string of the molecule is CCc1cc(C)[nH]c(=O)c1CN1CCc2cnc(OC(C)C)c(Cl)c2C1=O. The summed E-state index contributed by atoms with van der Waals surface area (Å²) in [7, 11) is 0. The van der Waals surface area contributed by atoms with E-state index in [-0.39, 0.29) is 35.0 Å². The molecule has 3 heterocycles. The van der Waals surface area contributed by atoms with E-state index < -0.39 is 0 Å². The lowest BCUT2D eigenvalue weighted by Gasteiger charge is -2.30. The van der Waals surface area contributed by atoms with Gasteiger partial charge in [-0.3, -0.25) is 9.59 Å². The van der Waals surface area contributed by atoms with E-state index in [1.165, 1.54) is 0 Å².